The number of Topliss-reactive ketones (excluding diaryl/α,β-unsaturated/α-hetero) is 1. The van der Waals surface area contributed by atoms with Gasteiger partial charge in [-0.1, -0.05) is 23.7 Å². The Hall–Kier alpha value is -0.900. The molecule has 2 rings (SSSR count). The van der Waals surface area contributed by atoms with Gasteiger partial charge in [0.25, 0.3) is 0 Å². The van der Waals surface area contributed by atoms with Crippen LogP contribution < -0.4 is 0 Å². The number of hydrogen-bond donors (Lipinski definition) is 0. The standard InChI is InChI=1S/C16H22ClNO2/c1-15(2)10-18(11-16(3,4)20-15)9-14(19)12-6-5-7-13(17)8-12/h5-8H,9-11H2,1-4H3. The fourth-order valence-corrected chi connectivity index (χ4v) is 3.20. The predicted octanol–water partition coefficient (Wildman–Crippen LogP) is 3.41. The van der Waals surface area contributed by atoms with Crippen LogP contribution in [0.2, 0.25) is 5.02 Å². The minimum absolute atomic E-state index is 0.0981. The van der Waals surface area contributed by atoms with E-state index < -0.39 is 0 Å². The monoisotopic (exact) mass is 295 g/mol. The number of rotatable bonds is 3. The summed E-state index contributed by atoms with van der Waals surface area (Å²) in [6.07, 6.45) is 0. The number of ether oxygens (including phenoxy) is 1. The van der Waals surface area contributed by atoms with Crippen LogP contribution in [-0.4, -0.2) is 41.5 Å². The van der Waals surface area contributed by atoms with E-state index in [1.54, 1.807) is 12.1 Å². The maximum Gasteiger partial charge on any atom is 0.176 e. The van der Waals surface area contributed by atoms with Crippen LogP contribution in [0.5, 0.6) is 0 Å². The maximum atomic E-state index is 12.3. The minimum atomic E-state index is -0.240. The molecule has 4 heteroatoms. The lowest BCUT2D eigenvalue weighted by Crippen LogP contribution is -2.58. The van der Waals surface area contributed by atoms with Crippen LogP contribution in [0.25, 0.3) is 0 Å². The molecule has 0 saturated carbocycles. The highest BCUT2D eigenvalue weighted by Gasteiger charge is 2.38. The van der Waals surface area contributed by atoms with E-state index in [9.17, 15) is 4.79 Å². The van der Waals surface area contributed by atoms with Gasteiger partial charge in [0.2, 0.25) is 0 Å². The van der Waals surface area contributed by atoms with Gasteiger partial charge in [-0.25, -0.2) is 0 Å². The first kappa shape index (κ1) is 15.5. The zero-order valence-corrected chi connectivity index (χ0v) is 13.3. The summed E-state index contributed by atoms with van der Waals surface area (Å²) in [5.41, 5.74) is 0.187. The number of nitrogens with zero attached hydrogens (tertiary/aromatic N) is 1. The van der Waals surface area contributed by atoms with Gasteiger partial charge in [-0.3, -0.25) is 9.69 Å². The average molecular weight is 296 g/mol. The van der Waals surface area contributed by atoms with Crippen molar-refractivity contribution in [1.82, 2.24) is 4.90 Å². The molecule has 0 aromatic heterocycles. The molecule has 0 aliphatic carbocycles. The van der Waals surface area contributed by atoms with E-state index in [1.807, 2.05) is 12.1 Å². The number of carbonyl (C=O) groups is 1. The van der Waals surface area contributed by atoms with Crippen LogP contribution in [0.3, 0.4) is 0 Å². The van der Waals surface area contributed by atoms with E-state index in [0.717, 1.165) is 13.1 Å². The number of benzene rings is 1. The summed E-state index contributed by atoms with van der Waals surface area (Å²) in [7, 11) is 0. The largest absolute Gasteiger partial charge is 0.367 e. The Morgan fingerprint density at radius 2 is 1.85 bits per heavy atom. The van der Waals surface area contributed by atoms with E-state index in [2.05, 4.69) is 32.6 Å². The fourth-order valence-electron chi connectivity index (χ4n) is 3.01. The minimum Gasteiger partial charge on any atom is -0.367 e. The second kappa shape index (κ2) is 5.47. The summed E-state index contributed by atoms with van der Waals surface area (Å²) >= 11 is 5.94. The lowest BCUT2D eigenvalue weighted by atomic mass is 9.98. The Morgan fingerprint density at radius 3 is 2.40 bits per heavy atom. The highest BCUT2D eigenvalue weighted by atomic mass is 35.5. The summed E-state index contributed by atoms with van der Waals surface area (Å²) in [6.45, 7) is 10.1. The van der Waals surface area contributed by atoms with E-state index >= 15 is 0 Å². The second-order valence-electron chi connectivity index (χ2n) is 6.70. The predicted molar refractivity (Wildman–Crippen MR) is 81.5 cm³/mol. The fraction of sp³-hybridized carbons (Fsp3) is 0.562. The topological polar surface area (TPSA) is 29.5 Å². The van der Waals surface area contributed by atoms with Crippen molar-refractivity contribution in [3.05, 3.63) is 34.9 Å². The molecule has 1 fully saturated rings. The molecule has 1 aromatic carbocycles. The first-order valence-corrected chi connectivity index (χ1v) is 7.26. The molecule has 0 amide bonds. The third-order valence-electron chi connectivity index (χ3n) is 3.28. The van der Waals surface area contributed by atoms with Crippen LogP contribution in [0.15, 0.2) is 24.3 Å². The van der Waals surface area contributed by atoms with E-state index in [1.165, 1.54) is 0 Å². The quantitative estimate of drug-likeness (QED) is 0.800. The zero-order chi connectivity index (χ0) is 15.0. The van der Waals surface area contributed by atoms with Crippen LogP contribution in [0, 0.1) is 0 Å². The number of hydrogen-bond acceptors (Lipinski definition) is 3. The molecule has 0 unspecified atom stereocenters. The molecule has 20 heavy (non-hydrogen) atoms. The Bertz CT molecular complexity index is 495. The zero-order valence-electron chi connectivity index (χ0n) is 12.6. The van der Waals surface area contributed by atoms with E-state index in [-0.39, 0.29) is 17.0 Å². The lowest BCUT2D eigenvalue weighted by molar-refractivity contribution is -0.178. The Kier molecular flexibility index (Phi) is 4.24. The molecule has 1 aliphatic rings. The van der Waals surface area contributed by atoms with Crippen molar-refractivity contribution in [1.29, 1.82) is 0 Å². The molecule has 1 saturated heterocycles. The lowest BCUT2D eigenvalue weighted by Gasteiger charge is -2.47. The van der Waals surface area contributed by atoms with Gasteiger partial charge in [0, 0.05) is 23.7 Å². The van der Waals surface area contributed by atoms with Crippen LogP contribution in [-0.2, 0) is 4.74 Å². The van der Waals surface area contributed by atoms with Crippen molar-refractivity contribution in [2.45, 2.75) is 38.9 Å². The maximum absolute atomic E-state index is 12.3. The van der Waals surface area contributed by atoms with Crippen molar-refractivity contribution in [2.75, 3.05) is 19.6 Å². The molecule has 1 aromatic rings. The van der Waals surface area contributed by atoms with Gasteiger partial charge >= 0.3 is 0 Å². The third kappa shape index (κ3) is 4.05. The number of ketones is 1. The van der Waals surface area contributed by atoms with Gasteiger partial charge in [0.05, 0.1) is 17.7 Å². The second-order valence-corrected chi connectivity index (χ2v) is 7.14. The summed E-state index contributed by atoms with van der Waals surface area (Å²) in [5, 5.41) is 0.596. The third-order valence-corrected chi connectivity index (χ3v) is 3.51. The van der Waals surface area contributed by atoms with Crippen molar-refractivity contribution in [3.8, 4) is 0 Å². The van der Waals surface area contributed by atoms with Gasteiger partial charge < -0.3 is 4.74 Å². The summed E-state index contributed by atoms with van der Waals surface area (Å²) < 4.78 is 6.02. The SMILES string of the molecule is CC1(C)CN(CC(=O)c2cccc(Cl)c2)CC(C)(C)O1. The smallest absolute Gasteiger partial charge is 0.176 e. The number of halogens is 1. The van der Waals surface area contributed by atoms with Crippen molar-refractivity contribution < 1.29 is 9.53 Å². The van der Waals surface area contributed by atoms with Crippen molar-refractivity contribution >= 4 is 17.4 Å². The number of morpholine rings is 1. The van der Waals surface area contributed by atoms with E-state index in [4.69, 9.17) is 16.3 Å². The normalized spacial score (nSPS) is 21.6. The average Bonchev–Trinajstić information content (AvgIpc) is 2.24. The van der Waals surface area contributed by atoms with Crippen LogP contribution in [0.1, 0.15) is 38.1 Å². The number of carbonyl (C=O) groups excluding carboxylic acids is 1. The van der Waals surface area contributed by atoms with Crippen molar-refractivity contribution in [2.24, 2.45) is 0 Å². The summed E-state index contributed by atoms with van der Waals surface area (Å²) in [5.74, 6) is 0.0981. The van der Waals surface area contributed by atoms with Crippen LogP contribution >= 0.6 is 11.6 Å². The Labute approximate surface area is 125 Å². The molecular formula is C16H22ClNO2. The highest BCUT2D eigenvalue weighted by molar-refractivity contribution is 6.31. The summed E-state index contributed by atoms with van der Waals surface area (Å²) in [4.78, 5) is 14.5. The molecule has 0 bridgehead atoms. The first-order valence-electron chi connectivity index (χ1n) is 6.88. The molecule has 0 atom stereocenters. The Balaban J connectivity index is 2.08. The molecule has 0 spiro atoms. The molecule has 110 valence electrons. The Morgan fingerprint density at radius 1 is 1.25 bits per heavy atom. The molecule has 1 heterocycles. The molecule has 0 N–H and O–H groups in total. The van der Waals surface area contributed by atoms with Crippen LogP contribution in [0.4, 0.5) is 0 Å². The summed E-state index contributed by atoms with van der Waals surface area (Å²) in [6, 6.07) is 7.12. The van der Waals surface area contributed by atoms with Gasteiger partial charge in [0.1, 0.15) is 0 Å². The van der Waals surface area contributed by atoms with Gasteiger partial charge in [-0.2, -0.15) is 0 Å². The van der Waals surface area contributed by atoms with Crippen molar-refractivity contribution in [3.63, 3.8) is 0 Å². The van der Waals surface area contributed by atoms with Gasteiger partial charge in [0.15, 0.2) is 5.78 Å². The van der Waals surface area contributed by atoms with E-state index in [0.29, 0.717) is 17.1 Å². The molecule has 1 aliphatic heterocycles. The molecule has 0 radical (unpaired) electrons. The van der Waals surface area contributed by atoms with Gasteiger partial charge in [-0.05, 0) is 39.8 Å². The molecule has 3 nitrogen and oxygen atoms in total. The highest BCUT2D eigenvalue weighted by Crippen LogP contribution is 2.28. The first-order chi connectivity index (χ1) is 9.17. The van der Waals surface area contributed by atoms with Gasteiger partial charge in [-0.15, -0.1) is 0 Å². The molecular weight excluding hydrogens is 274 g/mol.